The van der Waals surface area contributed by atoms with E-state index in [1.807, 2.05) is 0 Å². The Hall–Kier alpha value is -0.0900. The normalized spacial score (nSPS) is 31.1. The van der Waals surface area contributed by atoms with Crippen LogP contribution in [0.2, 0.25) is 0 Å². The number of rotatable bonds is 4. The first-order chi connectivity index (χ1) is 6.33. The summed E-state index contributed by atoms with van der Waals surface area (Å²) in [5.41, 5.74) is -0.0340. The Morgan fingerprint density at radius 1 is 1.43 bits per heavy atom. The molecular formula is C10H21NO2S. The maximum atomic E-state index is 11.3. The van der Waals surface area contributed by atoms with E-state index >= 15 is 0 Å². The van der Waals surface area contributed by atoms with Crippen LogP contribution in [0, 0.1) is 11.3 Å². The Labute approximate surface area is 87.2 Å². The zero-order valence-corrected chi connectivity index (χ0v) is 10.2. The average Bonchev–Trinajstić information content (AvgIpc) is 2.25. The highest BCUT2D eigenvalue weighted by atomic mass is 32.2. The van der Waals surface area contributed by atoms with Gasteiger partial charge in [-0.15, -0.1) is 0 Å². The van der Waals surface area contributed by atoms with Crippen LogP contribution in [-0.2, 0) is 9.84 Å². The van der Waals surface area contributed by atoms with Gasteiger partial charge in [-0.3, -0.25) is 0 Å². The van der Waals surface area contributed by atoms with E-state index in [4.69, 9.17) is 0 Å². The van der Waals surface area contributed by atoms with Crippen molar-refractivity contribution >= 4 is 9.84 Å². The first kappa shape index (κ1) is 12.0. The molecule has 0 aromatic carbocycles. The van der Waals surface area contributed by atoms with Crippen LogP contribution in [0.25, 0.3) is 0 Å². The summed E-state index contributed by atoms with van der Waals surface area (Å²) in [6, 6.07) is 0. The first-order valence-corrected chi connectivity index (χ1v) is 7.06. The van der Waals surface area contributed by atoms with Crippen LogP contribution < -0.4 is 5.32 Å². The van der Waals surface area contributed by atoms with Gasteiger partial charge >= 0.3 is 0 Å². The third kappa shape index (κ3) is 3.58. The van der Waals surface area contributed by atoms with Crippen LogP contribution in [0.4, 0.5) is 0 Å². The molecule has 1 unspecified atom stereocenters. The molecule has 1 fully saturated rings. The Morgan fingerprint density at radius 2 is 2.07 bits per heavy atom. The molecule has 84 valence electrons. The SMILES string of the molecule is CC(C)CNCC1(C)CCS(=O)(=O)C1. The summed E-state index contributed by atoms with van der Waals surface area (Å²) in [5, 5.41) is 3.34. The summed E-state index contributed by atoms with van der Waals surface area (Å²) in [6.45, 7) is 8.16. The molecule has 1 rings (SSSR count). The average molecular weight is 219 g/mol. The maximum Gasteiger partial charge on any atom is 0.150 e. The molecule has 14 heavy (non-hydrogen) atoms. The molecule has 1 aliphatic rings. The zero-order chi connectivity index (χ0) is 10.8. The molecule has 1 atom stereocenters. The predicted molar refractivity (Wildman–Crippen MR) is 59.1 cm³/mol. The summed E-state index contributed by atoms with van der Waals surface area (Å²) in [5.74, 6) is 1.34. The van der Waals surface area contributed by atoms with Gasteiger partial charge in [0, 0.05) is 6.54 Å². The van der Waals surface area contributed by atoms with Gasteiger partial charge < -0.3 is 5.32 Å². The van der Waals surface area contributed by atoms with E-state index < -0.39 is 9.84 Å². The number of hydrogen-bond acceptors (Lipinski definition) is 3. The molecule has 1 heterocycles. The van der Waals surface area contributed by atoms with Gasteiger partial charge in [0.2, 0.25) is 0 Å². The fraction of sp³-hybridized carbons (Fsp3) is 1.00. The minimum absolute atomic E-state index is 0.0340. The van der Waals surface area contributed by atoms with Crippen molar-refractivity contribution in [1.82, 2.24) is 5.32 Å². The minimum atomic E-state index is -2.74. The molecule has 1 N–H and O–H groups in total. The molecule has 0 aromatic rings. The van der Waals surface area contributed by atoms with E-state index in [-0.39, 0.29) is 5.41 Å². The summed E-state index contributed by atoms with van der Waals surface area (Å²) in [6.07, 6.45) is 0.806. The summed E-state index contributed by atoms with van der Waals surface area (Å²) in [4.78, 5) is 0. The second-order valence-electron chi connectivity index (χ2n) is 5.18. The summed E-state index contributed by atoms with van der Waals surface area (Å²) >= 11 is 0. The van der Waals surface area contributed by atoms with Crippen molar-refractivity contribution in [3.8, 4) is 0 Å². The molecule has 0 amide bonds. The van der Waals surface area contributed by atoms with Crippen LogP contribution in [0.1, 0.15) is 27.2 Å². The molecular weight excluding hydrogens is 198 g/mol. The molecule has 1 saturated heterocycles. The Bertz CT molecular complexity index is 284. The van der Waals surface area contributed by atoms with Gasteiger partial charge in [-0.25, -0.2) is 8.42 Å². The minimum Gasteiger partial charge on any atom is -0.316 e. The Kier molecular flexibility index (Phi) is 3.58. The lowest BCUT2D eigenvalue weighted by atomic mass is 9.90. The highest BCUT2D eigenvalue weighted by Gasteiger charge is 2.37. The van der Waals surface area contributed by atoms with Gasteiger partial charge in [-0.05, 0) is 24.3 Å². The lowest BCUT2D eigenvalue weighted by molar-refractivity contribution is 0.342. The maximum absolute atomic E-state index is 11.3. The van der Waals surface area contributed by atoms with E-state index in [1.165, 1.54) is 0 Å². The molecule has 0 saturated carbocycles. The van der Waals surface area contributed by atoms with Gasteiger partial charge in [-0.1, -0.05) is 20.8 Å². The smallest absolute Gasteiger partial charge is 0.150 e. The lowest BCUT2D eigenvalue weighted by Crippen LogP contribution is -2.34. The highest BCUT2D eigenvalue weighted by Crippen LogP contribution is 2.30. The van der Waals surface area contributed by atoms with E-state index in [2.05, 4.69) is 26.1 Å². The molecule has 4 heteroatoms. The topological polar surface area (TPSA) is 46.2 Å². The van der Waals surface area contributed by atoms with Gasteiger partial charge in [0.1, 0.15) is 0 Å². The highest BCUT2D eigenvalue weighted by molar-refractivity contribution is 7.91. The Morgan fingerprint density at radius 3 is 2.50 bits per heavy atom. The van der Waals surface area contributed by atoms with Crippen molar-refractivity contribution < 1.29 is 8.42 Å². The Balaban J connectivity index is 2.38. The second-order valence-corrected chi connectivity index (χ2v) is 7.36. The second kappa shape index (κ2) is 4.19. The van der Waals surface area contributed by atoms with E-state index in [0.717, 1.165) is 19.5 Å². The summed E-state index contributed by atoms with van der Waals surface area (Å²) < 4.78 is 22.6. The van der Waals surface area contributed by atoms with Crippen molar-refractivity contribution in [3.63, 3.8) is 0 Å². The van der Waals surface area contributed by atoms with Crippen LogP contribution >= 0.6 is 0 Å². The number of sulfone groups is 1. The van der Waals surface area contributed by atoms with Crippen molar-refractivity contribution in [2.45, 2.75) is 27.2 Å². The van der Waals surface area contributed by atoms with Crippen molar-refractivity contribution in [1.29, 1.82) is 0 Å². The fourth-order valence-electron chi connectivity index (χ4n) is 1.88. The lowest BCUT2D eigenvalue weighted by Gasteiger charge is -2.22. The molecule has 0 aliphatic carbocycles. The fourth-order valence-corrected chi connectivity index (χ4v) is 4.14. The molecule has 0 spiro atoms. The van der Waals surface area contributed by atoms with Crippen LogP contribution in [-0.4, -0.2) is 33.0 Å². The van der Waals surface area contributed by atoms with Gasteiger partial charge in [-0.2, -0.15) is 0 Å². The number of hydrogen-bond donors (Lipinski definition) is 1. The molecule has 3 nitrogen and oxygen atoms in total. The summed E-state index contributed by atoms with van der Waals surface area (Å²) in [7, 11) is -2.74. The largest absolute Gasteiger partial charge is 0.316 e. The molecule has 1 aliphatic heterocycles. The van der Waals surface area contributed by atoms with Crippen LogP contribution in [0.3, 0.4) is 0 Å². The van der Waals surface area contributed by atoms with Crippen LogP contribution in [0.5, 0.6) is 0 Å². The van der Waals surface area contributed by atoms with Gasteiger partial charge in [0.15, 0.2) is 9.84 Å². The van der Waals surface area contributed by atoms with E-state index in [9.17, 15) is 8.42 Å². The van der Waals surface area contributed by atoms with Crippen molar-refractivity contribution in [2.24, 2.45) is 11.3 Å². The first-order valence-electron chi connectivity index (χ1n) is 5.24. The van der Waals surface area contributed by atoms with Crippen molar-refractivity contribution in [3.05, 3.63) is 0 Å². The number of nitrogens with one attached hydrogen (secondary N) is 1. The van der Waals surface area contributed by atoms with Crippen molar-refractivity contribution in [2.75, 3.05) is 24.6 Å². The van der Waals surface area contributed by atoms with Gasteiger partial charge in [0.05, 0.1) is 11.5 Å². The molecule has 0 radical (unpaired) electrons. The quantitative estimate of drug-likeness (QED) is 0.769. The molecule has 0 bridgehead atoms. The predicted octanol–water partition coefficient (Wildman–Crippen LogP) is 1.06. The molecule has 0 aromatic heterocycles. The third-order valence-corrected chi connectivity index (χ3v) is 4.65. The third-order valence-electron chi connectivity index (χ3n) is 2.69. The van der Waals surface area contributed by atoms with Gasteiger partial charge in [0.25, 0.3) is 0 Å². The monoisotopic (exact) mass is 219 g/mol. The van der Waals surface area contributed by atoms with Crippen LogP contribution in [0.15, 0.2) is 0 Å². The standard InChI is InChI=1S/C10H21NO2S/c1-9(2)6-11-7-10(3)4-5-14(12,13)8-10/h9,11H,4-8H2,1-3H3. The zero-order valence-electron chi connectivity index (χ0n) is 9.34. The van der Waals surface area contributed by atoms with E-state index in [1.54, 1.807) is 0 Å². The van der Waals surface area contributed by atoms with E-state index in [0.29, 0.717) is 17.4 Å².